The van der Waals surface area contributed by atoms with Crippen molar-refractivity contribution in [3.8, 4) is 0 Å². The highest BCUT2D eigenvalue weighted by molar-refractivity contribution is 5.94. The minimum Gasteiger partial charge on any atom is -0.384 e. The number of nitrogens with zero attached hydrogens (tertiary/aromatic N) is 2. The van der Waals surface area contributed by atoms with E-state index in [1.807, 2.05) is 0 Å². The number of rotatable bonds is 10. The van der Waals surface area contributed by atoms with Crippen LogP contribution in [0.5, 0.6) is 0 Å². The van der Waals surface area contributed by atoms with Gasteiger partial charge < -0.3 is 16.1 Å². The lowest BCUT2D eigenvalue weighted by Crippen LogP contribution is -2.24. The van der Waals surface area contributed by atoms with Crippen LogP contribution in [0.2, 0.25) is 0 Å². The Hall–Kier alpha value is -3.19. The van der Waals surface area contributed by atoms with Crippen LogP contribution in [0.25, 0.3) is 10.9 Å². The molecule has 1 aromatic carbocycles. The van der Waals surface area contributed by atoms with Crippen molar-refractivity contribution in [3.05, 3.63) is 59.4 Å². The van der Waals surface area contributed by atoms with Crippen LogP contribution in [0.15, 0.2) is 42.6 Å². The van der Waals surface area contributed by atoms with Crippen LogP contribution in [-0.2, 0) is 12.8 Å². The highest BCUT2D eigenvalue weighted by Gasteiger charge is 2.17. The monoisotopic (exact) mass is 432 g/mol. The summed E-state index contributed by atoms with van der Waals surface area (Å²) in [4.78, 5) is 21.1. The second kappa shape index (κ2) is 10.9. The van der Waals surface area contributed by atoms with E-state index in [1.54, 1.807) is 12.1 Å². The van der Waals surface area contributed by atoms with E-state index in [0.29, 0.717) is 17.9 Å². The maximum atomic E-state index is 12.1. The largest absolute Gasteiger partial charge is 0.384 e. The van der Waals surface area contributed by atoms with E-state index < -0.39 is 0 Å². The number of fused-ring (bicyclic) bond motifs is 2. The summed E-state index contributed by atoms with van der Waals surface area (Å²) in [5.41, 5.74) is 8.08. The molecule has 32 heavy (non-hydrogen) atoms. The number of aromatic nitrogens is 2. The molecule has 0 unspecified atom stereocenters. The van der Waals surface area contributed by atoms with Crippen molar-refractivity contribution in [2.75, 3.05) is 23.8 Å². The summed E-state index contributed by atoms with van der Waals surface area (Å²) in [6.07, 6.45) is 10.5. The number of carbonyl (C=O) groups excluding carboxylic acids is 1. The molecule has 0 radical (unpaired) electrons. The third-order valence-electron chi connectivity index (χ3n) is 6.03. The number of unbranched alkanes of at least 4 members (excludes halogenated alkanes) is 3. The summed E-state index contributed by atoms with van der Waals surface area (Å²) in [6, 6.07) is 11.9. The zero-order valence-corrected chi connectivity index (χ0v) is 18.5. The van der Waals surface area contributed by atoms with Crippen molar-refractivity contribution < 1.29 is 4.79 Å². The number of benzene rings is 1. The zero-order valence-electron chi connectivity index (χ0n) is 18.5. The number of carbonyl (C=O) groups is 1. The van der Waals surface area contributed by atoms with Crippen molar-refractivity contribution in [2.45, 2.75) is 51.4 Å². The maximum Gasteiger partial charge on any atom is 0.252 e. The molecule has 2 aromatic heterocycles. The number of nitrogen functional groups attached to an aromatic ring is 1. The molecule has 4 rings (SSSR count). The van der Waals surface area contributed by atoms with Crippen LogP contribution in [0.4, 0.5) is 11.5 Å². The van der Waals surface area contributed by atoms with Gasteiger partial charge in [0.1, 0.15) is 5.82 Å². The Labute approximate surface area is 189 Å². The molecule has 7 nitrogen and oxygen atoms in total. The van der Waals surface area contributed by atoms with Gasteiger partial charge in [-0.3, -0.25) is 9.78 Å². The predicted molar refractivity (Wildman–Crippen MR) is 130 cm³/mol. The topological polar surface area (TPSA) is 105 Å². The molecular formula is C25H32N6O. The Kier molecular flexibility index (Phi) is 7.51. The number of pyridine rings is 2. The molecule has 1 aliphatic rings. The molecule has 5 N–H and O–H groups in total. The van der Waals surface area contributed by atoms with Crippen LogP contribution < -0.4 is 21.9 Å². The van der Waals surface area contributed by atoms with Crippen molar-refractivity contribution in [2.24, 2.45) is 5.84 Å². The normalized spacial score (nSPS) is 12.9. The van der Waals surface area contributed by atoms with Gasteiger partial charge in [0.2, 0.25) is 0 Å². The second-order valence-electron chi connectivity index (χ2n) is 8.31. The molecule has 0 saturated heterocycles. The Morgan fingerprint density at radius 1 is 0.969 bits per heavy atom. The van der Waals surface area contributed by atoms with E-state index in [0.717, 1.165) is 50.6 Å². The molecule has 1 amide bonds. The average Bonchev–Trinajstić information content (AvgIpc) is 2.85. The zero-order chi connectivity index (χ0) is 22.2. The SMILES string of the molecule is NNc1ccc(C(=O)NCCCCCCNc2c3c(nc4ccccc24)CCCC3)cn1. The van der Waals surface area contributed by atoms with Gasteiger partial charge in [0.25, 0.3) is 5.91 Å². The highest BCUT2D eigenvalue weighted by atomic mass is 16.1. The average molecular weight is 433 g/mol. The molecule has 3 aromatic rings. The van der Waals surface area contributed by atoms with Gasteiger partial charge in [-0.15, -0.1) is 0 Å². The number of nitrogens with two attached hydrogens (primary N) is 1. The van der Waals surface area contributed by atoms with Gasteiger partial charge in [-0.05, 0) is 62.3 Å². The first-order chi connectivity index (χ1) is 15.8. The van der Waals surface area contributed by atoms with Crippen molar-refractivity contribution in [1.82, 2.24) is 15.3 Å². The van der Waals surface area contributed by atoms with Gasteiger partial charge in [-0.2, -0.15) is 0 Å². The first-order valence-electron chi connectivity index (χ1n) is 11.6. The van der Waals surface area contributed by atoms with Crippen LogP contribution in [0, 0.1) is 0 Å². The Morgan fingerprint density at radius 3 is 2.59 bits per heavy atom. The van der Waals surface area contributed by atoms with Gasteiger partial charge in [0.05, 0.1) is 11.1 Å². The maximum absolute atomic E-state index is 12.1. The third kappa shape index (κ3) is 5.34. The summed E-state index contributed by atoms with van der Waals surface area (Å²) in [7, 11) is 0. The summed E-state index contributed by atoms with van der Waals surface area (Å²) in [6.45, 7) is 1.63. The number of hydrazine groups is 1. The summed E-state index contributed by atoms with van der Waals surface area (Å²) < 4.78 is 0. The Morgan fingerprint density at radius 2 is 1.78 bits per heavy atom. The molecule has 168 valence electrons. The number of aryl methyl sites for hydroxylation is 1. The van der Waals surface area contributed by atoms with E-state index in [4.69, 9.17) is 10.8 Å². The first kappa shape index (κ1) is 22.0. The van der Waals surface area contributed by atoms with Crippen molar-refractivity contribution >= 4 is 28.3 Å². The van der Waals surface area contributed by atoms with Crippen molar-refractivity contribution in [1.29, 1.82) is 0 Å². The fourth-order valence-electron chi connectivity index (χ4n) is 4.31. The van der Waals surface area contributed by atoms with E-state index in [-0.39, 0.29) is 5.91 Å². The number of para-hydroxylation sites is 1. The lowest BCUT2D eigenvalue weighted by Gasteiger charge is -2.21. The summed E-state index contributed by atoms with van der Waals surface area (Å²) in [5.74, 6) is 5.73. The van der Waals surface area contributed by atoms with Gasteiger partial charge >= 0.3 is 0 Å². The quantitative estimate of drug-likeness (QED) is 0.217. The molecule has 7 heteroatoms. The van der Waals surface area contributed by atoms with E-state index >= 15 is 0 Å². The molecule has 2 heterocycles. The number of anilines is 2. The lowest BCUT2D eigenvalue weighted by molar-refractivity contribution is 0.0952. The van der Waals surface area contributed by atoms with Gasteiger partial charge in [-0.1, -0.05) is 31.0 Å². The fraction of sp³-hybridized carbons (Fsp3) is 0.400. The fourth-order valence-corrected chi connectivity index (χ4v) is 4.31. The number of nitrogens with one attached hydrogen (secondary N) is 3. The third-order valence-corrected chi connectivity index (χ3v) is 6.03. The number of amides is 1. The predicted octanol–water partition coefficient (Wildman–Crippen LogP) is 4.20. The van der Waals surface area contributed by atoms with E-state index in [1.165, 1.54) is 41.4 Å². The molecular weight excluding hydrogens is 400 g/mol. The standard InChI is InChI=1S/C25H32N6O/c26-31-23-14-13-18(17-29-23)25(32)28-16-8-2-1-7-15-27-24-19-9-3-5-11-21(19)30-22-12-6-4-10-20(22)24/h3,5,9,11,13-14,17H,1-2,4,6-8,10,12,15-16,26H2,(H,27,30)(H,28,32)(H,29,31). The Balaban J connectivity index is 1.19. The van der Waals surface area contributed by atoms with Crippen LogP contribution in [0.1, 0.15) is 60.1 Å². The van der Waals surface area contributed by atoms with Crippen molar-refractivity contribution in [3.63, 3.8) is 0 Å². The summed E-state index contributed by atoms with van der Waals surface area (Å²) >= 11 is 0. The molecule has 0 bridgehead atoms. The van der Waals surface area contributed by atoms with Crippen LogP contribution >= 0.6 is 0 Å². The van der Waals surface area contributed by atoms with Gasteiger partial charge in [-0.25, -0.2) is 10.8 Å². The molecule has 0 saturated carbocycles. The number of hydrogen-bond acceptors (Lipinski definition) is 6. The molecule has 0 aliphatic heterocycles. The minimum atomic E-state index is -0.0999. The van der Waals surface area contributed by atoms with Gasteiger partial charge in [0, 0.05) is 36.1 Å². The van der Waals surface area contributed by atoms with Gasteiger partial charge in [0.15, 0.2) is 0 Å². The summed E-state index contributed by atoms with van der Waals surface area (Å²) in [5, 5.41) is 7.92. The second-order valence-corrected chi connectivity index (χ2v) is 8.31. The van der Waals surface area contributed by atoms with Crippen LogP contribution in [0.3, 0.4) is 0 Å². The first-order valence-corrected chi connectivity index (χ1v) is 11.6. The lowest BCUT2D eigenvalue weighted by atomic mass is 9.92. The molecule has 0 atom stereocenters. The minimum absolute atomic E-state index is 0.0999. The van der Waals surface area contributed by atoms with E-state index in [2.05, 4.69) is 45.3 Å². The number of hydrogen-bond donors (Lipinski definition) is 4. The smallest absolute Gasteiger partial charge is 0.252 e. The Bertz CT molecular complexity index is 1050. The molecule has 0 spiro atoms. The molecule has 1 aliphatic carbocycles. The van der Waals surface area contributed by atoms with Crippen LogP contribution in [-0.4, -0.2) is 29.0 Å². The highest BCUT2D eigenvalue weighted by Crippen LogP contribution is 2.33. The van der Waals surface area contributed by atoms with E-state index in [9.17, 15) is 4.79 Å². The molecule has 0 fully saturated rings.